The third-order valence-corrected chi connectivity index (χ3v) is 7.31. The zero-order chi connectivity index (χ0) is 26.4. The molecule has 0 bridgehead atoms. The fourth-order valence-corrected chi connectivity index (χ4v) is 5.27. The highest BCUT2D eigenvalue weighted by Crippen LogP contribution is 2.46. The molecule has 1 atom stereocenters. The van der Waals surface area contributed by atoms with Crippen molar-refractivity contribution in [3.63, 3.8) is 0 Å². The average molecular weight is 496 g/mol. The van der Waals surface area contributed by atoms with Crippen LogP contribution in [0, 0.1) is 19.3 Å². The number of aliphatic carboxylic acids is 1. The second-order valence-electron chi connectivity index (χ2n) is 12.0. The first-order valence-corrected chi connectivity index (χ1v) is 12.9. The Balaban J connectivity index is 1.96. The van der Waals surface area contributed by atoms with Crippen LogP contribution in [0.5, 0.6) is 5.75 Å². The number of aromatic nitrogens is 1. The largest absolute Gasteiger partial charge is 0.490 e. The lowest BCUT2D eigenvalue weighted by atomic mass is 9.81. The lowest BCUT2D eigenvalue weighted by Gasteiger charge is -2.41. The van der Waals surface area contributed by atoms with E-state index in [1.807, 2.05) is 34.6 Å². The van der Waals surface area contributed by atoms with E-state index in [2.05, 4.69) is 48.9 Å². The Morgan fingerprint density at radius 2 is 1.81 bits per heavy atom. The highest BCUT2D eigenvalue weighted by Gasteiger charge is 2.36. The van der Waals surface area contributed by atoms with Gasteiger partial charge in [-0.1, -0.05) is 19.9 Å². The molecule has 0 spiro atoms. The Morgan fingerprint density at radius 3 is 2.42 bits per heavy atom. The van der Waals surface area contributed by atoms with E-state index in [1.54, 1.807) is 0 Å². The van der Waals surface area contributed by atoms with Crippen molar-refractivity contribution in [1.29, 1.82) is 0 Å². The summed E-state index contributed by atoms with van der Waals surface area (Å²) in [6.07, 6.45) is 0.937. The second-order valence-corrected chi connectivity index (χ2v) is 12.0. The summed E-state index contributed by atoms with van der Waals surface area (Å²) < 4.78 is 12.2. The van der Waals surface area contributed by atoms with Crippen LogP contribution in [0.4, 0.5) is 11.4 Å². The lowest BCUT2D eigenvalue weighted by molar-refractivity contribution is -0.160. The van der Waals surface area contributed by atoms with Crippen molar-refractivity contribution >= 4 is 17.3 Å². The summed E-state index contributed by atoms with van der Waals surface area (Å²) in [5, 5.41) is 10.3. The van der Waals surface area contributed by atoms with Gasteiger partial charge in [0.2, 0.25) is 0 Å². The molecular formula is C29H41N3O4. The van der Waals surface area contributed by atoms with E-state index in [1.165, 1.54) is 0 Å². The summed E-state index contributed by atoms with van der Waals surface area (Å²) in [6.45, 7) is 17.4. The molecule has 1 fully saturated rings. The molecule has 1 N–H and O–H groups in total. The number of piperidine rings is 1. The number of rotatable bonds is 5. The van der Waals surface area contributed by atoms with Crippen molar-refractivity contribution in [1.82, 2.24) is 4.98 Å². The number of carbonyl (C=O) groups is 1. The SMILES string of the molecule is Cc1nc(C)c([C@H](OC(C)(C)C)C(=O)O)c(N2CCC(C)(C)CC2)c1-c1ccc2c(c1)OCCN2C. The molecule has 196 valence electrons. The van der Waals surface area contributed by atoms with Gasteiger partial charge in [-0.2, -0.15) is 0 Å². The van der Waals surface area contributed by atoms with Crippen LogP contribution in [0.15, 0.2) is 18.2 Å². The molecule has 4 rings (SSSR count). The molecule has 7 heteroatoms. The van der Waals surface area contributed by atoms with E-state index in [0.29, 0.717) is 17.9 Å². The molecule has 1 aromatic carbocycles. The second kappa shape index (κ2) is 9.58. The van der Waals surface area contributed by atoms with E-state index in [-0.39, 0.29) is 5.41 Å². The normalized spacial score (nSPS) is 18.4. The first-order chi connectivity index (χ1) is 16.8. The van der Waals surface area contributed by atoms with Gasteiger partial charge in [0, 0.05) is 42.7 Å². The standard InChI is InChI=1S/C29H41N3O4/c1-18-23(20-9-10-21-22(17-20)35-16-15-31(21)8)25(32-13-11-29(6,7)12-14-32)24(19(2)30-18)26(27(33)34)36-28(3,4)5/h9-10,17,26H,11-16H2,1-8H3,(H,33,34)/t26-/m0/s1. The number of likely N-dealkylation sites (N-methyl/N-ethyl adjacent to an activating group) is 1. The lowest BCUT2D eigenvalue weighted by Crippen LogP contribution is -2.39. The first kappa shape index (κ1) is 26.3. The summed E-state index contributed by atoms with van der Waals surface area (Å²) in [5.74, 6) is -0.159. The molecule has 1 aromatic heterocycles. The number of hydrogen-bond acceptors (Lipinski definition) is 6. The minimum absolute atomic E-state index is 0.256. The Morgan fingerprint density at radius 1 is 1.14 bits per heavy atom. The maximum absolute atomic E-state index is 12.6. The van der Waals surface area contributed by atoms with Crippen molar-refractivity contribution in [2.45, 2.75) is 73.0 Å². The van der Waals surface area contributed by atoms with Crippen LogP contribution in [0.1, 0.15) is 70.5 Å². The Bertz CT molecular complexity index is 1140. The van der Waals surface area contributed by atoms with Crippen molar-refractivity contribution in [2.24, 2.45) is 5.41 Å². The van der Waals surface area contributed by atoms with Gasteiger partial charge in [-0.3, -0.25) is 4.98 Å². The number of benzene rings is 1. The maximum atomic E-state index is 12.6. The molecule has 1 saturated heterocycles. The molecule has 7 nitrogen and oxygen atoms in total. The monoisotopic (exact) mass is 495 g/mol. The number of ether oxygens (including phenoxy) is 2. The van der Waals surface area contributed by atoms with Crippen LogP contribution in [-0.2, 0) is 9.53 Å². The molecule has 0 unspecified atom stereocenters. The number of carboxylic acids is 1. The Hall–Kier alpha value is -2.80. The summed E-state index contributed by atoms with van der Waals surface area (Å²) in [5.41, 5.74) is 5.77. The van der Waals surface area contributed by atoms with Gasteiger partial charge in [0.25, 0.3) is 0 Å². The Labute approximate surface area is 215 Å². The van der Waals surface area contributed by atoms with Crippen molar-refractivity contribution in [2.75, 3.05) is 43.1 Å². The third-order valence-electron chi connectivity index (χ3n) is 7.31. The predicted octanol–water partition coefficient (Wildman–Crippen LogP) is 5.76. The van der Waals surface area contributed by atoms with Crippen LogP contribution in [-0.4, -0.2) is 54.9 Å². The molecule has 3 heterocycles. The zero-order valence-electron chi connectivity index (χ0n) is 23.1. The molecule has 0 amide bonds. The highest BCUT2D eigenvalue weighted by molar-refractivity contribution is 5.89. The number of hydrogen-bond donors (Lipinski definition) is 1. The highest BCUT2D eigenvalue weighted by atomic mass is 16.5. The zero-order valence-corrected chi connectivity index (χ0v) is 23.1. The number of aryl methyl sites for hydroxylation is 2. The van der Waals surface area contributed by atoms with Gasteiger partial charge in [0.05, 0.1) is 23.5 Å². The van der Waals surface area contributed by atoms with Crippen LogP contribution in [0.2, 0.25) is 0 Å². The maximum Gasteiger partial charge on any atom is 0.337 e. The summed E-state index contributed by atoms with van der Waals surface area (Å²) in [4.78, 5) is 22.1. The molecule has 2 aromatic rings. The molecule has 36 heavy (non-hydrogen) atoms. The minimum atomic E-state index is -1.12. The quantitative estimate of drug-likeness (QED) is 0.565. The van der Waals surface area contributed by atoms with Crippen molar-refractivity contribution in [3.8, 4) is 16.9 Å². The number of anilines is 2. The summed E-state index contributed by atoms with van der Waals surface area (Å²) in [7, 11) is 2.07. The van der Waals surface area contributed by atoms with Gasteiger partial charge in [-0.25, -0.2) is 4.79 Å². The molecule has 0 aliphatic carbocycles. The number of carboxylic acid groups (broad SMARTS) is 1. The van der Waals surface area contributed by atoms with E-state index < -0.39 is 17.7 Å². The van der Waals surface area contributed by atoms with Gasteiger partial charge >= 0.3 is 5.97 Å². The van der Waals surface area contributed by atoms with E-state index >= 15 is 0 Å². The molecule has 0 saturated carbocycles. The number of pyridine rings is 1. The Kier molecular flexibility index (Phi) is 6.99. The number of nitrogens with zero attached hydrogens (tertiary/aromatic N) is 3. The number of fused-ring (bicyclic) bond motifs is 1. The fourth-order valence-electron chi connectivity index (χ4n) is 5.27. The van der Waals surface area contributed by atoms with Crippen molar-refractivity contribution in [3.05, 3.63) is 35.2 Å². The summed E-state index contributed by atoms with van der Waals surface area (Å²) in [6, 6.07) is 6.27. The fraction of sp³-hybridized carbons (Fsp3) is 0.586. The predicted molar refractivity (Wildman–Crippen MR) is 144 cm³/mol. The van der Waals surface area contributed by atoms with E-state index in [0.717, 1.165) is 66.4 Å². The molecule has 0 radical (unpaired) electrons. The smallest absolute Gasteiger partial charge is 0.337 e. The van der Waals surface area contributed by atoms with Gasteiger partial charge in [0.1, 0.15) is 12.4 Å². The first-order valence-electron chi connectivity index (χ1n) is 12.9. The van der Waals surface area contributed by atoms with Crippen molar-refractivity contribution < 1.29 is 19.4 Å². The van der Waals surface area contributed by atoms with Gasteiger partial charge < -0.3 is 24.4 Å². The van der Waals surface area contributed by atoms with Crippen LogP contribution in [0.3, 0.4) is 0 Å². The third kappa shape index (κ3) is 5.31. The topological polar surface area (TPSA) is 75.1 Å². The van der Waals surface area contributed by atoms with Gasteiger partial charge in [-0.15, -0.1) is 0 Å². The van der Waals surface area contributed by atoms with E-state index in [4.69, 9.17) is 14.5 Å². The van der Waals surface area contributed by atoms with Crippen LogP contribution < -0.4 is 14.5 Å². The van der Waals surface area contributed by atoms with Crippen LogP contribution in [0.25, 0.3) is 11.1 Å². The van der Waals surface area contributed by atoms with E-state index in [9.17, 15) is 9.90 Å². The summed E-state index contributed by atoms with van der Waals surface area (Å²) >= 11 is 0. The van der Waals surface area contributed by atoms with Gasteiger partial charge in [0.15, 0.2) is 6.10 Å². The average Bonchev–Trinajstić information content (AvgIpc) is 2.77. The molecular weight excluding hydrogens is 454 g/mol. The van der Waals surface area contributed by atoms with Crippen LogP contribution >= 0.6 is 0 Å². The minimum Gasteiger partial charge on any atom is -0.490 e. The van der Waals surface area contributed by atoms with Gasteiger partial charge in [-0.05, 0) is 70.6 Å². The molecule has 2 aliphatic rings. The molecule has 2 aliphatic heterocycles.